The molecular weight excluding hydrogens is 808 g/mol. The van der Waals surface area contributed by atoms with Gasteiger partial charge in [-0.3, -0.25) is 44.4 Å². The summed E-state index contributed by atoms with van der Waals surface area (Å²) in [5, 5.41) is 18.0. The second-order valence-corrected chi connectivity index (χ2v) is 16.7. The molecule has 1 saturated carbocycles. The third-order valence-electron chi connectivity index (χ3n) is 12.7. The van der Waals surface area contributed by atoms with E-state index in [1.807, 2.05) is 16.7 Å². The van der Waals surface area contributed by atoms with Gasteiger partial charge in [-0.2, -0.15) is 13.2 Å². The predicted molar refractivity (Wildman–Crippen MR) is 223 cm³/mol. The van der Waals surface area contributed by atoms with Crippen LogP contribution < -0.4 is 16.0 Å². The molecule has 4 aromatic rings. The average Bonchev–Trinajstić information content (AvgIpc) is 3.74. The highest BCUT2D eigenvalue weighted by molar-refractivity contribution is 6.30. The Kier molecular flexibility index (Phi) is 12.9. The van der Waals surface area contributed by atoms with Gasteiger partial charge in [0.15, 0.2) is 11.6 Å². The van der Waals surface area contributed by atoms with Crippen molar-refractivity contribution in [2.45, 2.75) is 57.3 Å². The molecule has 3 heterocycles. The first-order valence-corrected chi connectivity index (χ1v) is 21.3. The van der Waals surface area contributed by atoms with Gasteiger partial charge in [0.2, 0.25) is 17.8 Å². The largest absolute Gasteiger partial charge is 0.416 e. The van der Waals surface area contributed by atoms with E-state index in [9.17, 15) is 42.3 Å². The van der Waals surface area contributed by atoms with Gasteiger partial charge in [0.05, 0.1) is 47.2 Å². The number of rotatable bonds is 14. The number of piperidine rings is 1. The number of piperazine rings is 1. The minimum atomic E-state index is -4.58. The Morgan fingerprint density at radius 3 is 2.39 bits per heavy atom. The highest BCUT2D eigenvalue weighted by Crippen LogP contribution is 2.39. The zero-order chi connectivity index (χ0) is 43.5. The van der Waals surface area contributed by atoms with E-state index < -0.39 is 47.1 Å². The fraction of sp³-hybridized carbons (Fsp3) is 0.467. The lowest BCUT2D eigenvalue weighted by atomic mass is 9.82. The number of aromatic nitrogens is 2. The molecular formula is C45H50F3N7O7. The Labute approximate surface area is 356 Å². The van der Waals surface area contributed by atoms with Crippen LogP contribution in [0.5, 0.6) is 0 Å². The van der Waals surface area contributed by atoms with Crippen LogP contribution in [0.4, 0.5) is 24.8 Å². The van der Waals surface area contributed by atoms with Crippen LogP contribution in [0.1, 0.15) is 86.8 Å². The van der Waals surface area contributed by atoms with Gasteiger partial charge >= 0.3 is 6.18 Å². The number of ether oxygens (including phenoxy) is 1. The minimum Gasteiger partial charge on any atom is -0.396 e. The van der Waals surface area contributed by atoms with Crippen LogP contribution in [0, 0.1) is 17.8 Å². The van der Waals surface area contributed by atoms with Gasteiger partial charge < -0.3 is 19.7 Å². The Bertz CT molecular complexity index is 2350. The number of hydrogen-bond acceptors (Lipinski definition) is 11. The first-order valence-electron chi connectivity index (χ1n) is 21.3. The zero-order valence-corrected chi connectivity index (χ0v) is 34.2. The number of fused-ring (bicyclic) bond motifs is 2. The maximum atomic E-state index is 13.4. The molecule has 2 aliphatic carbocycles. The highest BCUT2D eigenvalue weighted by Gasteiger charge is 2.48. The lowest BCUT2D eigenvalue weighted by molar-refractivity contribution is -0.138. The summed E-state index contributed by atoms with van der Waals surface area (Å²) in [6.07, 6.45) is -1.15. The molecule has 17 heteroatoms. The van der Waals surface area contributed by atoms with Crippen LogP contribution >= 0.6 is 0 Å². The van der Waals surface area contributed by atoms with Crippen LogP contribution in [-0.2, 0) is 27.0 Å². The summed E-state index contributed by atoms with van der Waals surface area (Å²) in [6, 6.07) is 15.4. The lowest BCUT2D eigenvalue weighted by Gasteiger charge is -2.34. The molecule has 62 heavy (non-hydrogen) atoms. The molecule has 2 atom stereocenters. The molecule has 2 aliphatic heterocycles. The van der Waals surface area contributed by atoms with Gasteiger partial charge in [-0.05, 0) is 80.0 Å². The summed E-state index contributed by atoms with van der Waals surface area (Å²) in [4.78, 5) is 73.5. The second kappa shape index (κ2) is 18.5. The molecule has 328 valence electrons. The number of nitrogens with zero attached hydrogens (tertiary/aromatic N) is 4. The smallest absolute Gasteiger partial charge is 0.396 e. The first kappa shape index (κ1) is 43.2. The standard InChI is InChI=1S/C45H50F3N7O7/c46-45(47,48)30-4-1-3-29(24-30)42(60)52-44-50-35-23-28(9-13-36(35)55(44)31-10-7-27(26-56)8-11-31)25-54-18-16-53(17-19-54)20-22-62-21-15-49-34-6-2-5-32-38(34)41(59)39(40(32)58)33-12-14-37(57)51-43(33)61/h1-6,9,13,23-24,27,31,33,39,49,56H,7-8,10-12,14-22,25-26H2,(H,50,52,60)(H,51,57,61). The van der Waals surface area contributed by atoms with Crippen molar-refractivity contribution in [1.82, 2.24) is 24.7 Å². The highest BCUT2D eigenvalue weighted by atomic mass is 19.4. The predicted octanol–water partition coefficient (Wildman–Crippen LogP) is 5.33. The number of imide groups is 1. The normalized spacial score (nSPS) is 22.5. The Balaban J connectivity index is 0.820. The fourth-order valence-corrected chi connectivity index (χ4v) is 9.29. The van der Waals surface area contributed by atoms with Crippen LogP contribution in [0.15, 0.2) is 60.7 Å². The molecule has 0 bridgehead atoms. The van der Waals surface area contributed by atoms with E-state index in [-0.39, 0.29) is 59.8 Å². The molecule has 2 saturated heterocycles. The monoisotopic (exact) mass is 857 g/mol. The summed E-state index contributed by atoms with van der Waals surface area (Å²) in [6.45, 7) is 6.23. The lowest BCUT2D eigenvalue weighted by Crippen LogP contribution is -2.46. The number of imidazole rings is 1. The van der Waals surface area contributed by atoms with E-state index in [0.29, 0.717) is 37.5 Å². The summed E-state index contributed by atoms with van der Waals surface area (Å²) >= 11 is 0. The number of ketones is 2. The molecule has 3 amide bonds. The number of anilines is 2. The number of Topliss-reactive ketones (excluding diaryl/α,β-unsaturated/α-hetero) is 2. The van der Waals surface area contributed by atoms with E-state index in [1.165, 1.54) is 12.1 Å². The van der Waals surface area contributed by atoms with Crippen molar-refractivity contribution in [3.8, 4) is 0 Å². The maximum Gasteiger partial charge on any atom is 0.416 e. The van der Waals surface area contributed by atoms with Crippen molar-refractivity contribution in [2.24, 2.45) is 17.8 Å². The molecule has 8 rings (SSSR count). The number of carbonyl (C=O) groups excluding carboxylic acids is 5. The number of carbonyl (C=O) groups is 5. The number of nitrogens with one attached hydrogen (secondary N) is 3. The van der Waals surface area contributed by atoms with Gasteiger partial charge in [0, 0.05) is 81.7 Å². The number of amides is 3. The molecule has 14 nitrogen and oxygen atoms in total. The number of halogens is 3. The first-order chi connectivity index (χ1) is 29.9. The van der Waals surface area contributed by atoms with Crippen LogP contribution in [0.3, 0.4) is 0 Å². The van der Waals surface area contributed by atoms with E-state index in [1.54, 1.807) is 18.2 Å². The topological polar surface area (TPSA) is 175 Å². The van der Waals surface area contributed by atoms with Crippen LogP contribution in [-0.4, -0.2) is 113 Å². The number of benzene rings is 3. The Morgan fingerprint density at radius 2 is 1.65 bits per heavy atom. The number of hydrogen-bond donors (Lipinski definition) is 4. The molecule has 0 radical (unpaired) electrons. The number of alkyl halides is 3. The van der Waals surface area contributed by atoms with Gasteiger partial charge in [-0.15, -0.1) is 0 Å². The van der Waals surface area contributed by atoms with E-state index in [2.05, 4.69) is 31.8 Å². The average molecular weight is 858 g/mol. The van der Waals surface area contributed by atoms with E-state index in [4.69, 9.17) is 9.72 Å². The van der Waals surface area contributed by atoms with Crippen molar-refractivity contribution in [2.75, 3.05) is 69.7 Å². The van der Waals surface area contributed by atoms with Gasteiger partial charge in [-0.1, -0.05) is 24.3 Å². The number of aliphatic hydroxyl groups excluding tert-OH is 1. The second-order valence-electron chi connectivity index (χ2n) is 16.7. The molecule has 2 unspecified atom stereocenters. The van der Waals surface area contributed by atoms with Crippen molar-refractivity contribution >= 4 is 52.0 Å². The summed E-state index contributed by atoms with van der Waals surface area (Å²) in [7, 11) is 0. The van der Waals surface area contributed by atoms with Gasteiger partial charge in [-0.25, -0.2) is 4.98 Å². The molecule has 3 fully saturated rings. The SMILES string of the molecule is O=C1CCC(C2C(=O)c3cccc(NCCOCCN4CCN(Cc5ccc6c(c5)nc(NC(=O)c5cccc(C(F)(F)F)c5)n6C5CCC(CO)CC5)CC4)c3C2=O)C(=O)N1. The summed E-state index contributed by atoms with van der Waals surface area (Å²) < 4.78 is 48.2. The van der Waals surface area contributed by atoms with Gasteiger partial charge in [0.1, 0.15) is 0 Å². The van der Waals surface area contributed by atoms with Gasteiger partial charge in [0.25, 0.3) is 5.91 Å². The molecule has 1 aromatic heterocycles. The van der Waals surface area contributed by atoms with Crippen molar-refractivity contribution < 1.29 is 47.0 Å². The third-order valence-corrected chi connectivity index (χ3v) is 12.7. The molecule has 4 N–H and O–H groups in total. The molecule has 0 spiro atoms. The maximum absolute atomic E-state index is 13.4. The third kappa shape index (κ3) is 9.31. The fourth-order valence-electron chi connectivity index (χ4n) is 9.29. The van der Waals surface area contributed by atoms with Crippen molar-refractivity contribution in [1.29, 1.82) is 0 Å². The van der Waals surface area contributed by atoms with Crippen LogP contribution in [0.25, 0.3) is 11.0 Å². The quantitative estimate of drug-likeness (QED) is 0.0734. The molecule has 4 aliphatic rings. The zero-order valence-electron chi connectivity index (χ0n) is 34.2. The number of aliphatic hydroxyl groups is 1. The van der Waals surface area contributed by atoms with Crippen LogP contribution in [0.2, 0.25) is 0 Å². The summed E-state index contributed by atoms with van der Waals surface area (Å²) in [5.41, 5.74) is 2.63. The van der Waals surface area contributed by atoms with Crippen molar-refractivity contribution in [3.63, 3.8) is 0 Å². The molecule has 3 aromatic carbocycles. The van der Waals surface area contributed by atoms with E-state index >= 15 is 0 Å². The minimum absolute atomic E-state index is 0.00234. The summed E-state index contributed by atoms with van der Waals surface area (Å²) in [5.74, 6) is -3.94. The Morgan fingerprint density at radius 1 is 0.887 bits per heavy atom. The van der Waals surface area contributed by atoms with Crippen molar-refractivity contribution in [3.05, 3.63) is 88.5 Å². The van der Waals surface area contributed by atoms with E-state index in [0.717, 1.165) is 81.6 Å². The Hall–Kier alpha value is -5.49.